The molecule has 0 radical (unpaired) electrons. The SMILES string of the molecule is CC(C(=O)O)c1ccccc1CCC(SCCCC(C)(C)O)c1cccc(C=Cc2ccc3ccc(Cl)cc3n2)c1. The van der Waals surface area contributed by atoms with Gasteiger partial charge in [-0.1, -0.05) is 78.3 Å². The molecule has 0 amide bonds. The van der Waals surface area contributed by atoms with Crippen LogP contribution in [-0.2, 0) is 11.2 Å². The summed E-state index contributed by atoms with van der Waals surface area (Å²) in [4.78, 5) is 16.4. The number of nitrogens with zero attached hydrogens (tertiary/aromatic N) is 1. The fraction of sp³-hybridized carbons (Fsp3) is 0.314. The normalized spacial score (nSPS) is 13.5. The molecule has 0 aliphatic heterocycles. The summed E-state index contributed by atoms with van der Waals surface area (Å²) in [6.45, 7) is 5.45. The zero-order valence-electron chi connectivity index (χ0n) is 23.9. The maximum atomic E-state index is 11.7. The van der Waals surface area contributed by atoms with Crippen LogP contribution in [0.15, 0.2) is 78.9 Å². The standard InChI is InChI=1S/C35H38ClNO3S/c1-24(34(38)39)31-11-5-4-9-26(31)15-19-33(41-21-7-20-35(2,3)40)28-10-6-8-25(22-28)12-17-30-18-14-27-13-16-29(36)23-32(27)37-30/h4-6,8-14,16-18,22-24,33,40H,7,15,19-21H2,1-3H3,(H,38,39). The molecule has 3 aromatic carbocycles. The van der Waals surface area contributed by atoms with E-state index in [1.165, 1.54) is 5.56 Å². The molecular formula is C35H38ClNO3S. The van der Waals surface area contributed by atoms with Crippen molar-refractivity contribution < 1.29 is 15.0 Å². The maximum absolute atomic E-state index is 11.7. The van der Waals surface area contributed by atoms with Gasteiger partial charge in [0.25, 0.3) is 0 Å². The first-order chi connectivity index (χ1) is 19.6. The highest BCUT2D eigenvalue weighted by Crippen LogP contribution is 2.36. The van der Waals surface area contributed by atoms with Crippen molar-refractivity contribution in [2.24, 2.45) is 0 Å². The molecule has 2 atom stereocenters. The minimum atomic E-state index is -0.807. The molecule has 0 spiro atoms. The number of carbonyl (C=O) groups is 1. The number of aryl methyl sites for hydroxylation is 1. The Morgan fingerprint density at radius 2 is 1.80 bits per heavy atom. The third-order valence-corrected chi connectivity index (χ3v) is 8.89. The number of pyridine rings is 1. The number of halogens is 1. The van der Waals surface area contributed by atoms with Gasteiger partial charge in [0.15, 0.2) is 0 Å². The van der Waals surface area contributed by atoms with Crippen LogP contribution in [0.3, 0.4) is 0 Å². The fourth-order valence-electron chi connectivity index (χ4n) is 4.92. The Morgan fingerprint density at radius 3 is 2.59 bits per heavy atom. The summed E-state index contributed by atoms with van der Waals surface area (Å²) >= 11 is 8.07. The predicted molar refractivity (Wildman–Crippen MR) is 174 cm³/mol. The molecule has 41 heavy (non-hydrogen) atoms. The minimum Gasteiger partial charge on any atom is -0.481 e. The van der Waals surface area contributed by atoms with Crippen molar-refractivity contribution in [3.8, 4) is 0 Å². The number of hydrogen-bond donors (Lipinski definition) is 2. The van der Waals surface area contributed by atoms with E-state index >= 15 is 0 Å². The molecule has 0 fully saturated rings. The Hall–Kier alpha value is -3.12. The Morgan fingerprint density at radius 1 is 1.02 bits per heavy atom. The fourth-order valence-corrected chi connectivity index (χ4v) is 6.31. The van der Waals surface area contributed by atoms with Crippen LogP contribution in [-0.4, -0.2) is 32.5 Å². The number of aromatic nitrogens is 1. The molecular weight excluding hydrogens is 550 g/mol. The van der Waals surface area contributed by atoms with E-state index in [9.17, 15) is 15.0 Å². The zero-order valence-corrected chi connectivity index (χ0v) is 25.5. The molecule has 0 aliphatic rings. The quantitative estimate of drug-likeness (QED) is 0.153. The summed E-state index contributed by atoms with van der Waals surface area (Å²) in [5.74, 6) is -0.415. The summed E-state index contributed by atoms with van der Waals surface area (Å²) in [5.41, 5.74) is 5.37. The topological polar surface area (TPSA) is 70.4 Å². The molecule has 1 aromatic heterocycles. The number of aliphatic hydroxyl groups is 1. The van der Waals surface area contributed by atoms with Gasteiger partial charge < -0.3 is 10.2 Å². The van der Waals surface area contributed by atoms with Crippen molar-refractivity contribution in [2.75, 3.05) is 5.75 Å². The van der Waals surface area contributed by atoms with Gasteiger partial charge in [0, 0.05) is 15.7 Å². The summed E-state index contributed by atoms with van der Waals surface area (Å²) in [6, 6.07) is 26.3. The second kappa shape index (κ2) is 14.2. The Labute approximate surface area is 252 Å². The largest absolute Gasteiger partial charge is 0.481 e. The van der Waals surface area contributed by atoms with E-state index < -0.39 is 17.5 Å². The number of hydrogen-bond acceptors (Lipinski definition) is 4. The van der Waals surface area contributed by atoms with Crippen molar-refractivity contribution in [1.82, 2.24) is 4.98 Å². The minimum absolute atomic E-state index is 0.235. The molecule has 0 saturated carbocycles. The van der Waals surface area contributed by atoms with Gasteiger partial charge in [0.1, 0.15) is 0 Å². The number of aliphatic carboxylic acids is 1. The van der Waals surface area contributed by atoms with Crippen LogP contribution in [0.25, 0.3) is 23.1 Å². The Bertz CT molecular complexity index is 1510. The molecule has 2 N–H and O–H groups in total. The summed E-state index contributed by atoms with van der Waals surface area (Å²) in [6.07, 6.45) is 7.46. The van der Waals surface area contributed by atoms with E-state index in [4.69, 9.17) is 16.6 Å². The summed E-state index contributed by atoms with van der Waals surface area (Å²) in [7, 11) is 0. The van der Waals surface area contributed by atoms with Crippen LogP contribution in [0, 0.1) is 0 Å². The van der Waals surface area contributed by atoms with E-state index in [0.29, 0.717) is 5.02 Å². The number of carboxylic acids is 1. The van der Waals surface area contributed by atoms with Gasteiger partial charge in [-0.2, -0.15) is 11.8 Å². The first kappa shape index (κ1) is 30.8. The molecule has 4 rings (SSSR count). The maximum Gasteiger partial charge on any atom is 0.310 e. The van der Waals surface area contributed by atoms with Crippen molar-refractivity contribution in [3.05, 3.63) is 112 Å². The molecule has 2 unspecified atom stereocenters. The van der Waals surface area contributed by atoms with Gasteiger partial charge in [-0.05, 0) is 98.7 Å². The average molecular weight is 588 g/mol. The molecule has 6 heteroatoms. The van der Waals surface area contributed by atoms with Gasteiger partial charge in [-0.25, -0.2) is 4.98 Å². The highest BCUT2D eigenvalue weighted by Gasteiger charge is 2.19. The van der Waals surface area contributed by atoms with Gasteiger partial charge in [0.2, 0.25) is 0 Å². The van der Waals surface area contributed by atoms with Crippen LogP contribution in [0.2, 0.25) is 5.02 Å². The second-order valence-electron chi connectivity index (χ2n) is 11.1. The van der Waals surface area contributed by atoms with Gasteiger partial charge >= 0.3 is 5.97 Å². The van der Waals surface area contributed by atoms with Crippen molar-refractivity contribution >= 4 is 52.4 Å². The molecule has 1 heterocycles. The van der Waals surface area contributed by atoms with E-state index in [1.807, 2.05) is 80.2 Å². The molecule has 0 aliphatic carbocycles. The lowest BCUT2D eigenvalue weighted by Crippen LogP contribution is -2.18. The average Bonchev–Trinajstić information content (AvgIpc) is 2.94. The molecule has 0 saturated heterocycles. The number of carboxylic acid groups (broad SMARTS) is 1. The Kier molecular flexibility index (Phi) is 10.7. The number of fused-ring (bicyclic) bond motifs is 1. The molecule has 0 bridgehead atoms. The smallest absolute Gasteiger partial charge is 0.310 e. The lowest BCUT2D eigenvalue weighted by Gasteiger charge is -2.21. The number of thioether (sulfide) groups is 1. The lowest BCUT2D eigenvalue weighted by molar-refractivity contribution is -0.138. The van der Waals surface area contributed by atoms with Crippen LogP contribution < -0.4 is 0 Å². The van der Waals surface area contributed by atoms with Crippen LogP contribution in [0.1, 0.15) is 79.1 Å². The highest BCUT2D eigenvalue weighted by molar-refractivity contribution is 7.99. The van der Waals surface area contributed by atoms with Crippen LogP contribution in [0.5, 0.6) is 0 Å². The van der Waals surface area contributed by atoms with Gasteiger partial charge in [0.05, 0.1) is 22.7 Å². The third-order valence-electron chi connectivity index (χ3n) is 7.22. The monoisotopic (exact) mass is 587 g/mol. The molecule has 214 valence electrons. The summed E-state index contributed by atoms with van der Waals surface area (Å²) < 4.78 is 0. The van der Waals surface area contributed by atoms with Crippen molar-refractivity contribution in [3.63, 3.8) is 0 Å². The first-order valence-corrected chi connectivity index (χ1v) is 15.5. The predicted octanol–water partition coefficient (Wildman–Crippen LogP) is 9.20. The third kappa shape index (κ3) is 9.19. The summed E-state index contributed by atoms with van der Waals surface area (Å²) in [5, 5.41) is 21.7. The van der Waals surface area contributed by atoms with Crippen LogP contribution in [0.4, 0.5) is 0 Å². The van der Waals surface area contributed by atoms with Crippen molar-refractivity contribution in [1.29, 1.82) is 0 Å². The van der Waals surface area contributed by atoms with Gasteiger partial charge in [-0.3, -0.25) is 4.79 Å². The molecule has 4 aromatic rings. The van der Waals surface area contributed by atoms with E-state index in [2.05, 4.69) is 36.4 Å². The number of benzene rings is 3. The molecule has 4 nitrogen and oxygen atoms in total. The zero-order chi connectivity index (χ0) is 29.4. The van der Waals surface area contributed by atoms with Crippen LogP contribution >= 0.6 is 23.4 Å². The lowest BCUT2D eigenvalue weighted by atomic mass is 9.92. The number of rotatable bonds is 13. The highest BCUT2D eigenvalue weighted by atomic mass is 35.5. The first-order valence-electron chi connectivity index (χ1n) is 14.1. The van der Waals surface area contributed by atoms with E-state index in [1.54, 1.807) is 6.92 Å². The second-order valence-corrected chi connectivity index (χ2v) is 12.9. The van der Waals surface area contributed by atoms with E-state index in [0.717, 1.165) is 64.7 Å². The van der Waals surface area contributed by atoms with Gasteiger partial charge in [-0.15, -0.1) is 0 Å². The Balaban J connectivity index is 1.53. The van der Waals surface area contributed by atoms with E-state index in [-0.39, 0.29) is 5.25 Å². The van der Waals surface area contributed by atoms with Crippen molar-refractivity contribution in [2.45, 2.75) is 63.2 Å².